The van der Waals surface area contributed by atoms with E-state index in [9.17, 15) is 49.5 Å². The fourth-order valence-corrected chi connectivity index (χ4v) is 1.67. The van der Waals surface area contributed by atoms with E-state index in [1.807, 2.05) is 69.2 Å². The zero-order valence-corrected chi connectivity index (χ0v) is 25.7. The predicted molar refractivity (Wildman–Crippen MR) is 122 cm³/mol. The van der Waals surface area contributed by atoms with E-state index in [0.29, 0.717) is 0 Å². The molecule has 0 atom stereocenters. The molecule has 210 valence electrons. The Kier molecular flexibility index (Phi) is 40.9. The summed E-state index contributed by atoms with van der Waals surface area (Å²) in [6.45, 7) is 18.4. The minimum absolute atomic E-state index is 0. The molecule has 0 aliphatic heterocycles. The van der Waals surface area contributed by atoms with Crippen LogP contribution < -0.4 is 25.5 Å². The quantitative estimate of drug-likeness (QED) is 0.278. The maximum atomic E-state index is 9.70. The summed E-state index contributed by atoms with van der Waals surface area (Å²) in [7, 11) is 0. The number of carbonyl (C=O) groups excluding carboxylic acids is 5. The Bertz CT molecular complexity index is 455. The second-order valence-corrected chi connectivity index (χ2v) is 9.85. The van der Waals surface area contributed by atoms with Crippen LogP contribution in [0.3, 0.4) is 0 Å². The van der Waals surface area contributed by atoms with Crippen LogP contribution in [0.5, 0.6) is 0 Å². The number of hydrogen-bond acceptors (Lipinski definition) is 10. The normalized spacial score (nSPS) is 9.31. The maximum Gasteiger partial charge on any atom is 5.00 e. The molecule has 10 nitrogen and oxygen atoms in total. The smallest absolute Gasteiger partial charge is 0.550 e. The molecule has 0 fully saturated rings. The van der Waals surface area contributed by atoms with Crippen LogP contribution in [-0.4, -0.2) is 29.8 Å². The second-order valence-electron chi connectivity index (χ2n) is 9.85. The Morgan fingerprint density at radius 3 is 0.444 bits per heavy atom. The molecule has 0 spiro atoms. The van der Waals surface area contributed by atoms with Crippen molar-refractivity contribution in [3.63, 3.8) is 0 Å². The van der Waals surface area contributed by atoms with Crippen LogP contribution >= 0.6 is 0 Å². The predicted octanol–water partition coefficient (Wildman–Crippen LogP) is -1.09. The fourth-order valence-electron chi connectivity index (χ4n) is 1.67. The van der Waals surface area contributed by atoms with Crippen molar-refractivity contribution in [1.82, 2.24) is 0 Å². The topological polar surface area (TPSA) is 201 Å². The number of rotatable bonds is 10. The average Bonchev–Trinajstić information content (AvgIpc) is 2.49. The molecule has 0 aliphatic rings. The van der Waals surface area contributed by atoms with Crippen LogP contribution in [-0.2, 0) is 46.4 Å². The molecule has 0 aromatic heterocycles. The van der Waals surface area contributed by atoms with Gasteiger partial charge in [0.15, 0.2) is 0 Å². The maximum absolute atomic E-state index is 9.70. The van der Waals surface area contributed by atoms with Gasteiger partial charge in [0, 0.05) is 29.8 Å². The molecule has 36 heavy (non-hydrogen) atoms. The van der Waals surface area contributed by atoms with E-state index in [1.165, 1.54) is 0 Å². The molecular formula is C25H45NbO10. The van der Waals surface area contributed by atoms with E-state index in [-0.39, 0.29) is 84.1 Å². The third-order valence-electron chi connectivity index (χ3n) is 2.87. The van der Waals surface area contributed by atoms with Gasteiger partial charge >= 0.3 is 22.4 Å². The molecule has 0 saturated carbocycles. The summed E-state index contributed by atoms with van der Waals surface area (Å²) in [5.41, 5.74) is 0. The van der Waals surface area contributed by atoms with Gasteiger partial charge < -0.3 is 49.5 Å². The first kappa shape index (κ1) is 47.3. The van der Waals surface area contributed by atoms with Crippen molar-refractivity contribution in [3.8, 4) is 0 Å². The molecule has 0 aliphatic carbocycles. The van der Waals surface area contributed by atoms with Gasteiger partial charge in [0.05, 0.1) is 0 Å². The van der Waals surface area contributed by atoms with E-state index in [4.69, 9.17) is 0 Å². The molecule has 0 bridgehead atoms. The van der Waals surface area contributed by atoms with Crippen molar-refractivity contribution in [2.75, 3.05) is 0 Å². The van der Waals surface area contributed by atoms with E-state index in [0.717, 1.165) is 0 Å². The van der Waals surface area contributed by atoms with E-state index in [1.54, 1.807) is 0 Å². The number of carboxylic acid groups (broad SMARTS) is 5. The Balaban J connectivity index is -0.0000000776. The Labute approximate surface area is 232 Å². The Morgan fingerprint density at radius 2 is 0.444 bits per heavy atom. The number of carbonyl (C=O) groups is 5. The number of aliphatic carboxylic acids is 5. The van der Waals surface area contributed by atoms with Crippen molar-refractivity contribution < 1.29 is 71.9 Å². The van der Waals surface area contributed by atoms with Crippen LogP contribution in [0.15, 0.2) is 0 Å². The molecule has 0 heterocycles. The monoisotopic (exact) mass is 598 g/mol. The first-order valence-electron chi connectivity index (χ1n) is 11.6. The van der Waals surface area contributed by atoms with Gasteiger partial charge in [-0.2, -0.15) is 0 Å². The van der Waals surface area contributed by atoms with Gasteiger partial charge in [0.1, 0.15) is 0 Å². The summed E-state index contributed by atoms with van der Waals surface area (Å²) in [4.78, 5) is 48.5. The third-order valence-corrected chi connectivity index (χ3v) is 2.87. The van der Waals surface area contributed by atoms with Crippen LogP contribution in [0.1, 0.15) is 101 Å². The first-order valence-corrected chi connectivity index (χ1v) is 11.6. The van der Waals surface area contributed by atoms with Crippen LogP contribution in [0.25, 0.3) is 0 Å². The second kappa shape index (κ2) is 31.1. The molecule has 11 heteroatoms. The van der Waals surface area contributed by atoms with Crippen molar-refractivity contribution in [3.05, 3.63) is 0 Å². The SMILES string of the molecule is CC(C)CC(=O)[O-].CC(C)CC(=O)[O-].CC(C)CC(=O)[O-].CC(C)CC(=O)[O-].CC(C)CC(=O)[O-].[Nb+5]. The third kappa shape index (κ3) is 94.8. The Hall–Kier alpha value is -1.91. The van der Waals surface area contributed by atoms with Crippen molar-refractivity contribution in [2.45, 2.75) is 101 Å². The molecular weight excluding hydrogens is 553 g/mol. The zero-order valence-electron chi connectivity index (χ0n) is 23.5. The standard InChI is InChI=1S/5C5H10O2.Nb/c5*1-4(2)3-5(6)7;/h5*4H,3H2,1-2H3,(H,6,7);/q;;;;;+5/p-5. The van der Waals surface area contributed by atoms with Gasteiger partial charge in [-0.05, 0) is 61.7 Å². The molecule has 0 saturated heterocycles. The summed E-state index contributed by atoms with van der Waals surface area (Å²) >= 11 is 0. The molecule has 0 N–H and O–H groups in total. The van der Waals surface area contributed by atoms with Crippen molar-refractivity contribution in [1.29, 1.82) is 0 Å². The van der Waals surface area contributed by atoms with Gasteiger partial charge in [-0.25, -0.2) is 0 Å². The summed E-state index contributed by atoms with van der Waals surface area (Å²) in [6, 6.07) is 0. The molecule has 0 aromatic rings. The minimum Gasteiger partial charge on any atom is -0.550 e. The van der Waals surface area contributed by atoms with E-state index < -0.39 is 29.8 Å². The van der Waals surface area contributed by atoms with Gasteiger partial charge in [0.25, 0.3) is 0 Å². The van der Waals surface area contributed by atoms with Crippen molar-refractivity contribution in [2.24, 2.45) is 29.6 Å². The van der Waals surface area contributed by atoms with Gasteiger partial charge in [0.2, 0.25) is 0 Å². The van der Waals surface area contributed by atoms with Gasteiger partial charge in [-0.3, -0.25) is 0 Å². The molecule has 0 radical (unpaired) electrons. The van der Waals surface area contributed by atoms with Crippen molar-refractivity contribution >= 4 is 29.8 Å². The van der Waals surface area contributed by atoms with Crippen LogP contribution in [0, 0.1) is 29.6 Å². The van der Waals surface area contributed by atoms with Gasteiger partial charge in [-0.15, -0.1) is 0 Å². The first-order chi connectivity index (χ1) is 15.6. The summed E-state index contributed by atoms with van der Waals surface area (Å²) in [5, 5.41) is 48.5. The van der Waals surface area contributed by atoms with Crippen LogP contribution in [0.4, 0.5) is 0 Å². The summed E-state index contributed by atoms with van der Waals surface area (Å²) in [6.07, 6.45) is 0.833. The molecule has 0 unspecified atom stereocenters. The van der Waals surface area contributed by atoms with E-state index in [2.05, 4.69) is 0 Å². The molecule has 0 rings (SSSR count). The summed E-state index contributed by atoms with van der Waals surface area (Å²) < 4.78 is 0. The number of carboxylic acids is 5. The number of hydrogen-bond donors (Lipinski definition) is 0. The Morgan fingerprint density at radius 1 is 0.361 bits per heavy atom. The fraction of sp³-hybridized carbons (Fsp3) is 0.800. The van der Waals surface area contributed by atoms with E-state index >= 15 is 0 Å². The largest absolute Gasteiger partial charge is 5.00 e. The average molecular weight is 599 g/mol. The van der Waals surface area contributed by atoms with Crippen LogP contribution in [0.2, 0.25) is 0 Å². The summed E-state index contributed by atoms with van der Waals surface area (Å²) in [5.74, 6) is -3.75. The molecule has 0 amide bonds. The molecule has 0 aromatic carbocycles. The zero-order chi connectivity index (χ0) is 29.3. The van der Waals surface area contributed by atoms with Gasteiger partial charge in [-0.1, -0.05) is 69.2 Å². The minimum atomic E-state index is -0.963.